The van der Waals surface area contributed by atoms with Crippen molar-refractivity contribution in [3.05, 3.63) is 34.3 Å². The van der Waals surface area contributed by atoms with Gasteiger partial charge in [0.1, 0.15) is 5.75 Å². The first-order chi connectivity index (χ1) is 7.16. The van der Waals surface area contributed by atoms with Crippen LogP contribution in [0, 0.1) is 0 Å². The van der Waals surface area contributed by atoms with E-state index in [0.717, 1.165) is 10.8 Å². The van der Waals surface area contributed by atoms with Gasteiger partial charge >= 0.3 is 0 Å². The summed E-state index contributed by atoms with van der Waals surface area (Å²) in [4.78, 5) is 0.625. The second-order valence-corrected chi connectivity index (χ2v) is 4.63. The first kappa shape index (κ1) is 10.9. The van der Waals surface area contributed by atoms with Crippen molar-refractivity contribution in [2.75, 3.05) is 6.26 Å². The molecule has 0 heterocycles. The van der Waals surface area contributed by atoms with Gasteiger partial charge in [-0.2, -0.15) is 0 Å². The lowest BCUT2D eigenvalue weighted by Gasteiger charge is -2.10. The van der Waals surface area contributed by atoms with Gasteiger partial charge in [0.2, 0.25) is 0 Å². The minimum Gasteiger partial charge on any atom is -0.505 e. The topological polar surface area (TPSA) is 20.2 Å². The lowest BCUT2D eigenvalue weighted by Crippen LogP contribution is -1.82. The van der Waals surface area contributed by atoms with Crippen molar-refractivity contribution in [3.63, 3.8) is 0 Å². The number of phenolic OH excluding ortho intramolecular Hbond substituents is 1. The highest BCUT2D eigenvalue weighted by Gasteiger charge is 2.15. The second-order valence-electron chi connectivity index (χ2n) is 3.06. The largest absolute Gasteiger partial charge is 0.505 e. The van der Waals surface area contributed by atoms with E-state index >= 15 is 0 Å². The van der Waals surface area contributed by atoms with Crippen LogP contribution in [0.1, 0.15) is 0 Å². The summed E-state index contributed by atoms with van der Waals surface area (Å²) >= 11 is 13.6. The van der Waals surface area contributed by atoms with Gasteiger partial charge in [-0.05, 0) is 6.26 Å². The molecule has 2 aromatic carbocycles. The Morgan fingerprint density at radius 2 is 1.60 bits per heavy atom. The number of rotatable bonds is 1. The molecule has 78 valence electrons. The minimum atomic E-state index is 0.0628. The Bertz CT molecular complexity index is 525. The lowest BCUT2D eigenvalue weighted by atomic mass is 10.1. The van der Waals surface area contributed by atoms with Gasteiger partial charge < -0.3 is 5.11 Å². The number of hydrogen-bond donors (Lipinski definition) is 1. The van der Waals surface area contributed by atoms with E-state index < -0.39 is 0 Å². The summed E-state index contributed by atoms with van der Waals surface area (Å²) < 4.78 is 0. The molecule has 0 aliphatic carbocycles. The summed E-state index contributed by atoms with van der Waals surface area (Å²) in [6.45, 7) is 0. The number of benzene rings is 2. The Kier molecular flexibility index (Phi) is 3.01. The Morgan fingerprint density at radius 1 is 1.07 bits per heavy atom. The molecule has 0 saturated heterocycles. The van der Waals surface area contributed by atoms with E-state index in [1.807, 2.05) is 30.5 Å². The molecule has 15 heavy (non-hydrogen) atoms. The van der Waals surface area contributed by atoms with Crippen molar-refractivity contribution in [3.8, 4) is 5.75 Å². The van der Waals surface area contributed by atoms with Gasteiger partial charge in [-0.25, -0.2) is 0 Å². The summed E-state index contributed by atoms with van der Waals surface area (Å²) in [5.41, 5.74) is 0. The van der Waals surface area contributed by atoms with Gasteiger partial charge in [0, 0.05) is 10.8 Å². The zero-order chi connectivity index (χ0) is 11.0. The van der Waals surface area contributed by atoms with Crippen LogP contribution in [0.15, 0.2) is 29.2 Å². The average molecular weight is 259 g/mol. The third-order valence-electron chi connectivity index (χ3n) is 2.23. The molecular weight excluding hydrogens is 251 g/mol. The normalized spacial score (nSPS) is 10.9. The van der Waals surface area contributed by atoms with Gasteiger partial charge in [0.05, 0.1) is 14.9 Å². The van der Waals surface area contributed by atoms with E-state index in [0.29, 0.717) is 14.9 Å². The molecule has 2 aromatic rings. The Hall–Kier alpha value is -0.570. The third-order valence-corrected chi connectivity index (χ3v) is 3.92. The molecule has 0 unspecified atom stereocenters. The molecular formula is C11H8Cl2OS. The van der Waals surface area contributed by atoms with Crippen LogP contribution in [0.5, 0.6) is 5.75 Å². The number of aromatic hydroxyl groups is 1. The summed E-state index contributed by atoms with van der Waals surface area (Å²) in [5, 5.41) is 12.4. The predicted octanol–water partition coefficient (Wildman–Crippen LogP) is 4.57. The van der Waals surface area contributed by atoms with E-state index in [-0.39, 0.29) is 5.75 Å². The summed E-state index contributed by atoms with van der Waals surface area (Å²) in [6.07, 6.45) is 1.85. The van der Waals surface area contributed by atoms with Gasteiger partial charge in [0.25, 0.3) is 0 Å². The quantitative estimate of drug-likeness (QED) is 0.757. The maximum absolute atomic E-state index is 9.84. The molecule has 2 rings (SSSR count). The fraction of sp³-hybridized carbons (Fsp3) is 0.0909. The molecule has 0 aliphatic rings. The van der Waals surface area contributed by atoms with Crippen LogP contribution in [0.4, 0.5) is 0 Å². The maximum Gasteiger partial charge on any atom is 0.149 e. The van der Waals surface area contributed by atoms with Gasteiger partial charge in [-0.15, -0.1) is 11.8 Å². The molecule has 1 nitrogen and oxygen atoms in total. The summed E-state index contributed by atoms with van der Waals surface area (Å²) in [7, 11) is 0. The second kappa shape index (κ2) is 4.12. The first-order valence-electron chi connectivity index (χ1n) is 4.29. The Balaban J connectivity index is 2.96. The highest BCUT2D eigenvalue weighted by molar-refractivity contribution is 7.98. The number of fused-ring (bicyclic) bond motifs is 1. The molecule has 0 radical (unpaired) electrons. The van der Waals surface area contributed by atoms with Crippen molar-refractivity contribution >= 4 is 45.7 Å². The number of phenols is 1. The molecule has 4 heteroatoms. The molecule has 0 fully saturated rings. The minimum absolute atomic E-state index is 0.0628. The molecule has 0 saturated carbocycles. The first-order valence-corrected chi connectivity index (χ1v) is 6.27. The van der Waals surface area contributed by atoms with Gasteiger partial charge in [-0.3, -0.25) is 0 Å². The number of hydrogen-bond acceptors (Lipinski definition) is 2. The van der Waals surface area contributed by atoms with Crippen molar-refractivity contribution in [1.29, 1.82) is 0 Å². The summed E-state index contributed by atoms with van der Waals surface area (Å²) in [5.74, 6) is 0.0628. The van der Waals surface area contributed by atoms with Gasteiger partial charge in [-0.1, -0.05) is 47.5 Å². The van der Waals surface area contributed by atoms with E-state index in [1.54, 1.807) is 0 Å². The fourth-order valence-corrected chi connectivity index (χ4v) is 2.89. The molecule has 0 amide bonds. The van der Waals surface area contributed by atoms with Crippen LogP contribution in [0.2, 0.25) is 10.0 Å². The van der Waals surface area contributed by atoms with Crippen LogP contribution < -0.4 is 0 Å². The van der Waals surface area contributed by atoms with E-state index in [9.17, 15) is 5.11 Å². The molecule has 1 N–H and O–H groups in total. The summed E-state index contributed by atoms with van der Waals surface area (Å²) in [6, 6.07) is 7.49. The number of thioether (sulfide) groups is 1. The zero-order valence-corrected chi connectivity index (χ0v) is 10.2. The van der Waals surface area contributed by atoms with E-state index in [2.05, 4.69) is 0 Å². The molecule has 0 spiro atoms. The lowest BCUT2D eigenvalue weighted by molar-refractivity contribution is 0.464. The van der Waals surface area contributed by atoms with Crippen molar-refractivity contribution in [1.82, 2.24) is 0 Å². The maximum atomic E-state index is 9.84. The smallest absolute Gasteiger partial charge is 0.149 e. The van der Waals surface area contributed by atoms with Crippen molar-refractivity contribution < 1.29 is 5.11 Å². The standard InChI is InChI=1S/C11H8Cl2OS/c1-15-11-9(13)7-5-3-2-4-6(7)8(12)10(11)14/h2-5,14H,1H3. The van der Waals surface area contributed by atoms with Crippen LogP contribution in [-0.4, -0.2) is 11.4 Å². The molecule has 0 aliphatic heterocycles. The van der Waals surface area contributed by atoms with Crippen LogP contribution in [0.25, 0.3) is 10.8 Å². The zero-order valence-electron chi connectivity index (χ0n) is 7.92. The van der Waals surface area contributed by atoms with Gasteiger partial charge in [0.15, 0.2) is 0 Å². The van der Waals surface area contributed by atoms with Crippen molar-refractivity contribution in [2.24, 2.45) is 0 Å². The van der Waals surface area contributed by atoms with E-state index in [4.69, 9.17) is 23.2 Å². The monoisotopic (exact) mass is 258 g/mol. The molecule has 0 atom stereocenters. The fourth-order valence-electron chi connectivity index (χ4n) is 1.51. The van der Waals surface area contributed by atoms with Crippen molar-refractivity contribution in [2.45, 2.75) is 4.90 Å². The SMILES string of the molecule is CSc1c(O)c(Cl)c2ccccc2c1Cl. The van der Waals surface area contributed by atoms with Crippen LogP contribution in [0.3, 0.4) is 0 Å². The Morgan fingerprint density at radius 3 is 2.13 bits per heavy atom. The molecule has 0 bridgehead atoms. The number of halogens is 2. The van der Waals surface area contributed by atoms with Crippen LogP contribution in [-0.2, 0) is 0 Å². The highest BCUT2D eigenvalue weighted by Crippen LogP contribution is 2.45. The third kappa shape index (κ3) is 1.67. The molecule has 0 aromatic heterocycles. The van der Waals surface area contributed by atoms with E-state index in [1.165, 1.54) is 11.8 Å². The van der Waals surface area contributed by atoms with Crippen LogP contribution >= 0.6 is 35.0 Å². The predicted molar refractivity (Wildman–Crippen MR) is 67.4 cm³/mol. The Labute approximate surface area is 102 Å². The average Bonchev–Trinajstić information content (AvgIpc) is 2.27. The highest BCUT2D eigenvalue weighted by atomic mass is 35.5.